The van der Waals surface area contributed by atoms with Gasteiger partial charge in [-0.3, -0.25) is 0 Å². The van der Waals surface area contributed by atoms with Crippen molar-refractivity contribution in [3.8, 4) is 0 Å². The molecule has 2 N–H and O–H groups in total. The Morgan fingerprint density at radius 1 is 1.75 bits per heavy atom. The molecule has 0 aromatic heterocycles. The van der Waals surface area contributed by atoms with Gasteiger partial charge in [-0.2, -0.15) is 0 Å². The molecular formula is C9H15NO2. The predicted octanol–water partition coefficient (Wildman–Crippen LogP) is 0.0543. The first-order valence-electron chi connectivity index (χ1n) is 4.44. The van der Waals surface area contributed by atoms with Crippen molar-refractivity contribution in [2.45, 2.75) is 30.7 Å². The summed E-state index contributed by atoms with van der Waals surface area (Å²) in [6.45, 7) is 0.789. The molecule has 0 saturated carbocycles. The van der Waals surface area contributed by atoms with E-state index in [2.05, 4.69) is 17.5 Å². The molecule has 0 amide bonds. The highest BCUT2D eigenvalue weighted by molar-refractivity contribution is 5.16. The first kappa shape index (κ1) is 8.23. The lowest BCUT2D eigenvalue weighted by Crippen LogP contribution is -2.46. The first-order valence-corrected chi connectivity index (χ1v) is 4.44. The highest BCUT2D eigenvalue weighted by Crippen LogP contribution is 2.35. The van der Waals surface area contributed by atoms with Crippen molar-refractivity contribution >= 4 is 0 Å². The first-order chi connectivity index (χ1) is 5.74. The summed E-state index contributed by atoms with van der Waals surface area (Å²) in [6.07, 6.45) is 5.56. The molecule has 0 radical (unpaired) electrons. The summed E-state index contributed by atoms with van der Waals surface area (Å²) in [5.41, 5.74) is -0.225. The number of rotatable bonds is 2. The zero-order valence-corrected chi connectivity index (χ0v) is 7.29. The topological polar surface area (TPSA) is 41.5 Å². The van der Waals surface area contributed by atoms with E-state index in [4.69, 9.17) is 4.74 Å². The zero-order valence-electron chi connectivity index (χ0n) is 7.29. The van der Waals surface area contributed by atoms with Crippen molar-refractivity contribution in [3.05, 3.63) is 12.2 Å². The standard InChI is InChI=1S/C9H15NO2/c1-10-6-9-3-2-8(12-9)4-7(11)5-9/h2-3,7-8,10-11H,4-6H2,1H3/t7-,8?,9?/m0/s1. The van der Waals surface area contributed by atoms with Crippen molar-refractivity contribution < 1.29 is 9.84 Å². The van der Waals surface area contributed by atoms with E-state index in [1.165, 1.54) is 0 Å². The second-order valence-corrected chi connectivity index (χ2v) is 3.70. The Labute approximate surface area is 72.4 Å². The fraction of sp³-hybridized carbons (Fsp3) is 0.778. The Bertz CT molecular complexity index is 205. The summed E-state index contributed by atoms with van der Waals surface area (Å²) in [6, 6.07) is 0. The van der Waals surface area contributed by atoms with Crippen molar-refractivity contribution in [2.75, 3.05) is 13.6 Å². The van der Waals surface area contributed by atoms with E-state index in [1.54, 1.807) is 0 Å². The molecule has 2 aliphatic heterocycles. The molecule has 2 heterocycles. The van der Waals surface area contributed by atoms with E-state index in [1.807, 2.05) is 7.05 Å². The molecule has 0 spiro atoms. The van der Waals surface area contributed by atoms with Crippen LogP contribution in [0.1, 0.15) is 12.8 Å². The second-order valence-electron chi connectivity index (χ2n) is 3.70. The van der Waals surface area contributed by atoms with Gasteiger partial charge in [0.05, 0.1) is 12.2 Å². The molecule has 3 nitrogen and oxygen atoms in total. The fourth-order valence-electron chi connectivity index (χ4n) is 2.13. The van der Waals surface area contributed by atoms with Gasteiger partial charge in [-0.1, -0.05) is 12.2 Å². The molecule has 0 aromatic carbocycles. The van der Waals surface area contributed by atoms with E-state index < -0.39 is 0 Å². The Morgan fingerprint density at radius 2 is 2.58 bits per heavy atom. The fourth-order valence-corrected chi connectivity index (χ4v) is 2.13. The van der Waals surface area contributed by atoms with Crippen LogP contribution in [0.15, 0.2) is 12.2 Å². The van der Waals surface area contributed by atoms with E-state index in [9.17, 15) is 5.11 Å². The molecule has 1 fully saturated rings. The minimum Gasteiger partial charge on any atom is -0.393 e. The normalized spacial score (nSPS) is 45.2. The van der Waals surface area contributed by atoms with Gasteiger partial charge in [-0.25, -0.2) is 0 Å². The Hall–Kier alpha value is -0.380. The maximum Gasteiger partial charge on any atom is 0.102 e. The number of aliphatic hydroxyl groups excluding tert-OH is 1. The van der Waals surface area contributed by atoms with Crippen LogP contribution < -0.4 is 5.32 Å². The minimum absolute atomic E-state index is 0.141. The number of fused-ring (bicyclic) bond motifs is 2. The Morgan fingerprint density at radius 3 is 3.33 bits per heavy atom. The molecule has 12 heavy (non-hydrogen) atoms. The monoisotopic (exact) mass is 169 g/mol. The van der Waals surface area contributed by atoms with Gasteiger partial charge in [0, 0.05) is 19.4 Å². The molecule has 2 rings (SSSR count). The number of likely N-dealkylation sites (N-methyl/N-ethyl adjacent to an activating group) is 1. The number of hydrogen-bond donors (Lipinski definition) is 2. The lowest BCUT2D eigenvalue weighted by atomic mass is 9.94. The average molecular weight is 169 g/mol. The summed E-state index contributed by atoms with van der Waals surface area (Å²) < 4.78 is 5.76. The average Bonchev–Trinajstić information content (AvgIpc) is 2.27. The van der Waals surface area contributed by atoms with Crippen LogP contribution >= 0.6 is 0 Å². The molecule has 0 aromatic rings. The number of ether oxygens (including phenoxy) is 1. The minimum atomic E-state index is -0.225. The molecule has 3 atom stereocenters. The van der Waals surface area contributed by atoms with E-state index in [-0.39, 0.29) is 17.8 Å². The SMILES string of the molecule is CNCC12C=CC(C[C@H](O)C1)O2. The van der Waals surface area contributed by atoms with Crippen LogP contribution in [0, 0.1) is 0 Å². The molecule has 2 unspecified atom stereocenters. The van der Waals surface area contributed by atoms with Crippen molar-refractivity contribution in [3.63, 3.8) is 0 Å². The second kappa shape index (κ2) is 2.83. The molecule has 3 heteroatoms. The van der Waals surface area contributed by atoms with Crippen LogP contribution in [-0.4, -0.2) is 36.5 Å². The van der Waals surface area contributed by atoms with Crippen LogP contribution in [0.2, 0.25) is 0 Å². The van der Waals surface area contributed by atoms with Crippen LogP contribution in [0.4, 0.5) is 0 Å². The number of hydrogen-bond acceptors (Lipinski definition) is 3. The van der Waals surface area contributed by atoms with Gasteiger partial charge in [-0.15, -0.1) is 0 Å². The van der Waals surface area contributed by atoms with Gasteiger partial charge in [-0.05, 0) is 7.05 Å². The van der Waals surface area contributed by atoms with Crippen molar-refractivity contribution in [2.24, 2.45) is 0 Å². The maximum absolute atomic E-state index is 9.53. The smallest absolute Gasteiger partial charge is 0.102 e. The lowest BCUT2D eigenvalue weighted by Gasteiger charge is -2.35. The van der Waals surface area contributed by atoms with E-state index >= 15 is 0 Å². The number of aliphatic hydroxyl groups is 1. The third kappa shape index (κ3) is 1.28. The highest BCUT2D eigenvalue weighted by atomic mass is 16.5. The molecule has 2 aliphatic rings. The van der Waals surface area contributed by atoms with Gasteiger partial charge in [0.2, 0.25) is 0 Å². The molecular weight excluding hydrogens is 154 g/mol. The zero-order chi connectivity index (χ0) is 8.60. The number of nitrogens with one attached hydrogen (secondary N) is 1. The Kier molecular flexibility index (Phi) is 1.94. The van der Waals surface area contributed by atoms with Crippen LogP contribution in [0.3, 0.4) is 0 Å². The summed E-state index contributed by atoms with van der Waals surface area (Å²) in [5.74, 6) is 0. The van der Waals surface area contributed by atoms with Crippen molar-refractivity contribution in [1.82, 2.24) is 5.32 Å². The summed E-state index contributed by atoms with van der Waals surface area (Å²) in [7, 11) is 1.90. The van der Waals surface area contributed by atoms with Gasteiger partial charge < -0.3 is 15.2 Å². The van der Waals surface area contributed by atoms with Crippen LogP contribution in [0.25, 0.3) is 0 Å². The Balaban J connectivity index is 2.10. The molecule has 2 bridgehead atoms. The summed E-state index contributed by atoms with van der Waals surface area (Å²) in [5, 5.41) is 12.6. The third-order valence-electron chi connectivity index (χ3n) is 2.56. The van der Waals surface area contributed by atoms with Crippen LogP contribution in [-0.2, 0) is 4.74 Å². The summed E-state index contributed by atoms with van der Waals surface area (Å²) in [4.78, 5) is 0. The van der Waals surface area contributed by atoms with Gasteiger partial charge >= 0.3 is 0 Å². The van der Waals surface area contributed by atoms with Gasteiger partial charge in [0.25, 0.3) is 0 Å². The van der Waals surface area contributed by atoms with Gasteiger partial charge in [0.1, 0.15) is 5.60 Å². The highest BCUT2D eigenvalue weighted by Gasteiger charge is 2.41. The van der Waals surface area contributed by atoms with E-state index in [0.717, 1.165) is 19.4 Å². The quantitative estimate of drug-likeness (QED) is 0.574. The predicted molar refractivity (Wildman–Crippen MR) is 45.9 cm³/mol. The van der Waals surface area contributed by atoms with Crippen molar-refractivity contribution in [1.29, 1.82) is 0 Å². The molecule has 0 aliphatic carbocycles. The molecule has 68 valence electrons. The van der Waals surface area contributed by atoms with Crippen LogP contribution in [0.5, 0.6) is 0 Å². The maximum atomic E-state index is 9.53. The molecule has 1 saturated heterocycles. The van der Waals surface area contributed by atoms with E-state index in [0.29, 0.717) is 0 Å². The third-order valence-corrected chi connectivity index (χ3v) is 2.56. The lowest BCUT2D eigenvalue weighted by molar-refractivity contribution is -0.102. The largest absolute Gasteiger partial charge is 0.393 e. The summed E-state index contributed by atoms with van der Waals surface area (Å²) >= 11 is 0. The van der Waals surface area contributed by atoms with Gasteiger partial charge in [0.15, 0.2) is 0 Å².